The molecule has 0 saturated carbocycles. The molecule has 2 N–H and O–H groups in total. The summed E-state index contributed by atoms with van der Waals surface area (Å²) >= 11 is 0. The molecule has 1 aromatic rings. The van der Waals surface area contributed by atoms with Crippen LogP contribution in [0, 0.1) is 0 Å². The number of piperidine rings is 1. The highest BCUT2D eigenvalue weighted by Crippen LogP contribution is 2.15. The molecule has 0 aromatic heterocycles. The summed E-state index contributed by atoms with van der Waals surface area (Å²) in [6, 6.07) is 10.3. The number of hydrogen-bond acceptors (Lipinski definition) is 4. The lowest BCUT2D eigenvalue weighted by atomic mass is 10.0. The van der Waals surface area contributed by atoms with Crippen LogP contribution in [0.2, 0.25) is 0 Å². The lowest BCUT2D eigenvalue weighted by Crippen LogP contribution is -2.54. The van der Waals surface area contributed by atoms with Crippen molar-refractivity contribution >= 4 is 6.09 Å². The van der Waals surface area contributed by atoms with Crippen molar-refractivity contribution in [3.05, 3.63) is 35.9 Å². The third-order valence-electron chi connectivity index (χ3n) is 3.86. The molecular formula is C16H24N2O4. The van der Waals surface area contributed by atoms with Gasteiger partial charge in [-0.05, 0) is 12.0 Å². The number of nitrogens with one attached hydrogen (secondary N) is 1. The third-order valence-corrected chi connectivity index (χ3v) is 3.86. The minimum atomic E-state index is -0.887. The number of amides is 1. The van der Waals surface area contributed by atoms with Crippen LogP contribution in [0.15, 0.2) is 30.3 Å². The fraction of sp³-hybridized carbons (Fsp3) is 0.562. The smallest absolute Gasteiger partial charge is 0.407 e. The van der Waals surface area contributed by atoms with E-state index in [4.69, 9.17) is 14.6 Å². The number of ether oxygens (including phenoxy) is 2. The second-order valence-electron chi connectivity index (χ2n) is 5.39. The van der Waals surface area contributed by atoms with Crippen LogP contribution >= 0.6 is 0 Å². The predicted molar refractivity (Wildman–Crippen MR) is 82.9 cm³/mol. The Morgan fingerprint density at radius 3 is 2.82 bits per heavy atom. The van der Waals surface area contributed by atoms with Crippen molar-refractivity contribution in [2.45, 2.75) is 25.1 Å². The van der Waals surface area contributed by atoms with Crippen molar-refractivity contribution in [3.63, 3.8) is 0 Å². The molecule has 2 rings (SSSR count). The highest BCUT2D eigenvalue weighted by Gasteiger charge is 2.31. The van der Waals surface area contributed by atoms with Gasteiger partial charge in [-0.3, -0.25) is 0 Å². The van der Waals surface area contributed by atoms with Crippen LogP contribution in [-0.4, -0.2) is 61.7 Å². The van der Waals surface area contributed by atoms with E-state index in [-0.39, 0.29) is 12.1 Å². The van der Waals surface area contributed by atoms with E-state index in [9.17, 15) is 4.79 Å². The van der Waals surface area contributed by atoms with Gasteiger partial charge in [0.25, 0.3) is 0 Å². The van der Waals surface area contributed by atoms with E-state index in [1.165, 1.54) is 10.5 Å². The zero-order valence-electron chi connectivity index (χ0n) is 12.9. The highest BCUT2D eigenvalue weighted by atomic mass is 16.5. The van der Waals surface area contributed by atoms with E-state index >= 15 is 0 Å². The van der Waals surface area contributed by atoms with Crippen LogP contribution < -0.4 is 5.32 Å². The minimum Gasteiger partial charge on any atom is -0.465 e. The average Bonchev–Trinajstić information content (AvgIpc) is 2.54. The van der Waals surface area contributed by atoms with Gasteiger partial charge < -0.3 is 24.8 Å². The molecule has 0 bridgehead atoms. The Balaban J connectivity index is 1.89. The molecular weight excluding hydrogens is 284 g/mol. The molecule has 6 heteroatoms. The van der Waals surface area contributed by atoms with Crippen molar-refractivity contribution in [3.8, 4) is 0 Å². The Kier molecular flexibility index (Phi) is 6.64. The summed E-state index contributed by atoms with van der Waals surface area (Å²) in [7, 11) is 1.62. The number of benzene rings is 1. The van der Waals surface area contributed by atoms with Gasteiger partial charge >= 0.3 is 6.09 Å². The van der Waals surface area contributed by atoms with Crippen LogP contribution in [0.1, 0.15) is 12.0 Å². The number of methoxy groups -OCH3 is 1. The predicted octanol–water partition coefficient (Wildman–Crippen LogP) is 1.56. The molecule has 1 aliphatic heterocycles. The molecule has 0 spiro atoms. The molecule has 22 heavy (non-hydrogen) atoms. The number of hydrogen-bond donors (Lipinski definition) is 2. The number of rotatable bonds is 7. The first-order valence-electron chi connectivity index (χ1n) is 7.56. The monoisotopic (exact) mass is 308 g/mol. The van der Waals surface area contributed by atoms with Crippen molar-refractivity contribution in [2.75, 3.05) is 33.4 Å². The van der Waals surface area contributed by atoms with Gasteiger partial charge in [0.05, 0.1) is 25.9 Å². The second-order valence-corrected chi connectivity index (χ2v) is 5.39. The molecule has 1 aliphatic rings. The van der Waals surface area contributed by atoms with Gasteiger partial charge in [-0.1, -0.05) is 30.3 Å². The molecule has 122 valence electrons. The van der Waals surface area contributed by atoms with Crippen molar-refractivity contribution < 1.29 is 19.4 Å². The van der Waals surface area contributed by atoms with Gasteiger partial charge in [0.1, 0.15) is 0 Å². The summed E-state index contributed by atoms with van der Waals surface area (Å²) in [5.41, 5.74) is 1.21. The zero-order valence-corrected chi connectivity index (χ0v) is 12.9. The maximum atomic E-state index is 11.1. The molecule has 6 nitrogen and oxygen atoms in total. The lowest BCUT2D eigenvalue weighted by molar-refractivity contribution is -0.0349. The number of carboxylic acid groups (broad SMARTS) is 1. The Morgan fingerprint density at radius 2 is 2.14 bits per heavy atom. The second kappa shape index (κ2) is 8.73. The molecule has 1 heterocycles. The van der Waals surface area contributed by atoms with Crippen LogP contribution in [0.3, 0.4) is 0 Å². The van der Waals surface area contributed by atoms with Gasteiger partial charge in [-0.25, -0.2) is 4.79 Å². The van der Waals surface area contributed by atoms with E-state index < -0.39 is 6.09 Å². The van der Waals surface area contributed by atoms with E-state index in [0.717, 1.165) is 13.0 Å². The normalized spacial score (nSPS) is 21.8. The van der Waals surface area contributed by atoms with Crippen molar-refractivity contribution in [1.29, 1.82) is 0 Å². The fourth-order valence-corrected chi connectivity index (χ4v) is 2.62. The van der Waals surface area contributed by atoms with Crippen LogP contribution in [0.4, 0.5) is 4.79 Å². The quantitative estimate of drug-likeness (QED) is 0.748. The summed E-state index contributed by atoms with van der Waals surface area (Å²) in [5.74, 6) is 0. The Bertz CT molecular complexity index is 455. The molecule has 1 aromatic carbocycles. The summed E-state index contributed by atoms with van der Waals surface area (Å²) in [6.45, 7) is 2.66. The summed E-state index contributed by atoms with van der Waals surface area (Å²) in [5, 5.41) is 12.6. The molecule has 2 atom stereocenters. The fourth-order valence-electron chi connectivity index (χ4n) is 2.62. The highest BCUT2D eigenvalue weighted by molar-refractivity contribution is 5.65. The molecule has 0 aliphatic carbocycles. The van der Waals surface area contributed by atoms with E-state index in [2.05, 4.69) is 17.4 Å². The van der Waals surface area contributed by atoms with E-state index in [1.807, 2.05) is 18.2 Å². The first kappa shape index (κ1) is 16.7. The number of nitrogens with zero attached hydrogens (tertiary/aromatic N) is 1. The largest absolute Gasteiger partial charge is 0.465 e. The zero-order chi connectivity index (χ0) is 15.8. The first-order valence-corrected chi connectivity index (χ1v) is 7.56. The Labute approximate surface area is 131 Å². The lowest BCUT2D eigenvalue weighted by Gasteiger charge is -2.37. The number of carbonyl (C=O) groups is 1. The Morgan fingerprint density at radius 1 is 1.36 bits per heavy atom. The molecule has 0 radical (unpaired) electrons. The van der Waals surface area contributed by atoms with Gasteiger partial charge in [0.2, 0.25) is 0 Å². The van der Waals surface area contributed by atoms with Gasteiger partial charge in [0, 0.05) is 26.2 Å². The number of likely N-dealkylation sites (tertiary alicyclic amines) is 1. The topological polar surface area (TPSA) is 71.0 Å². The van der Waals surface area contributed by atoms with E-state index in [0.29, 0.717) is 26.3 Å². The Hall–Kier alpha value is -1.63. The summed E-state index contributed by atoms with van der Waals surface area (Å²) < 4.78 is 10.8. The molecule has 2 unspecified atom stereocenters. The summed E-state index contributed by atoms with van der Waals surface area (Å²) in [4.78, 5) is 12.6. The van der Waals surface area contributed by atoms with E-state index in [1.54, 1.807) is 7.11 Å². The van der Waals surface area contributed by atoms with Crippen LogP contribution in [-0.2, 0) is 16.0 Å². The van der Waals surface area contributed by atoms with Crippen molar-refractivity contribution in [1.82, 2.24) is 10.2 Å². The molecule has 1 fully saturated rings. The van der Waals surface area contributed by atoms with Gasteiger partial charge in [0.15, 0.2) is 0 Å². The minimum absolute atomic E-state index is 0.146. The third kappa shape index (κ3) is 4.98. The maximum Gasteiger partial charge on any atom is 0.407 e. The van der Waals surface area contributed by atoms with Gasteiger partial charge in [-0.15, -0.1) is 0 Å². The maximum absolute atomic E-state index is 11.1. The van der Waals surface area contributed by atoms with Crippen LogP contribution in [0.25, 0.3) is 0 Å². The van der Waals surface area contributed by atoms with Gasteiger partial charge in [-0.2, -0.15) is 0 Å². The average molecular weight is 308 g/mol. The molecule has 1 saturated heterocycles. The first-order chi connectivity index (χ1) is 10.7. The standard InChI is InChI=1S/C16H24N2O4/c1-21-9-10-22-15-12-18(16(19)20)8-7-14(15)17-11-13-5-3-2-4-6-13/h2-6,14-15,17H,7-12H2,1H3,(H,19,20). The van der Waals surface area contributed by atoms with Crippen molar-refractivity contribution in [2.24, 2.45) is 0 Å². The van der Waals surface area contributed by atoms with Crippen LogP contribution in [0.5, 0.6) is 0 Å². The summed E-state index contributed by atoms with van der Waals surface area (Å²) in [6.07, 6.45) is -0.290. The molecule has 1 amide bonds. The SMILES string of the molecule is COCCOC1CN(C(=O)O)CCC1NCc1ccccc1.